The topological polar surface area (TPSA) is 70.2 Å². The zero-order valence-corrected chi connectivity index (χ0v) is 18.8. The van der Waals surface area contributed by atoms with E-state index in [1.807, 2.05) is 25.2 Å². The number of halogens is 1. The van der Waals surface area contributed by atoms with Gasteiger partial charge >= 0.3 is 0 Å². The third-order valence-corrected chi connectivity index (χ3v) is 6.32. The van der Waals surface area contributed by atoms with Gasteiger partial charge in [0.05, 0.1) is 19.3 Å². The molecule has 1 saturated heterocycles. The van der Waals surface area contributed by atoms with Crippen LogP contribution in [0.15, 0.2) is 18.2 Å². The molecule has 1 aromatic heterocycles. The van der Waals surface area contributed by atoms with E-state index >= 15 is 0 Å². The molecule has 0 saturated carbocycles. The Labute approximate surface area is 185 Å². The van der Waals surface area contributed by atoms with Crippen LogP contribution in [-0.2, 0) is 25.8 Å². The molecular weight excluding hydrogens is 400 g/mol. The number of amides is 1. The van der Waals surface area contributed by atoms with Crippen molar-refractivity contribution in [3.63, 3.8) is 0 Å². The van der Waals surface area contributed by atoms with Crippen molar-refractivity contribution in [1.82, 2.24) is 20.4 Å². The highest BCUT2D eigenvalue weighted by molar-refractivity contribution is 5.94. The summed E-state index contributed by atoms with van der Waals surface area (Å²) in [5.74, 6) is 1.50. The molecule has 0 radical (unpaired) electrons. The minimum Gasteiger partial charge on any atom is -0.496 e. The van der Waals surface area contributed by atoms with Crippen LogP contribution >= 0.6 is 12.4 Å². The molecule has 4 rings (SSSR count). The van der Waals surface area contributed by atoms with Gasteiger partial charge in [-0.3, -0.25) is 9.89 Å². The maximum Gasteiger partial charge on any atom is 0.253 e. The first-order valence-electron chi connectivity index (χ1n) is 10.8. The summed E-state index contributed by atoms with van der Waals surface area (Å²) >= 11 is 0. The summed E-state index contributed by atoms with van der Waals surface area (Å²) in [6.07, 6.45) is 7.92. The molecule has 2 aromatic rings. The van der Waals surface area contributed by atoms with Crippen LogP contribution in [0.4, 0.5) is 0 Å². The Hall–Kier alpha value is -2.05. The summed E-state index contributed by atoms with van der Waals surface area (Å²) in [5.41, 5.74) is 5.44. The molecule has 0 bridgehead atoms. The van der Waals surface area contributed by atoms with E-state index in [0.717, 1.165) is 54.9 Å². The number of hydrogen-bond acceptors (Lipinski definition) is 4. The fourth-order valence-corrected chi connectivity index (χ4v) is 4.64. The lowest BCUT2D eigenvalue weighted by Crippen LogP contribution is -2.27. The van der Waals surface area contributed by atoms with Crippen LogP contribution in [0.5, 0.6) is 5.75 Å². The second-order valence-electron chi connectivity index (χ2n) is 8.44. The Morgan fingerprint density at radius 2 is 2.10 bits per heavy atom. The Kier molecular flexibility index (Phi) is 7.78. The molecule has 164 valence electrons. The van der Waals surface area contributed by atoms with Crippen molar-refractivity contribution in [2.45, 2.75) is 51.5 Å². The van der Waals surface area contributed by atoms with Crippen LogP contribution in [0, 0.1) is 5.92 Å². The van der Waals surface area contributed by atoms with Crippen molar-refractivity contribution in [2.24, 2.45) is 5.92 Å². The standard InChI is InChI=1S/C23H32N4O2.ClH/c1-27(15-21-19-6-4-3-5-7-20(19)25-26-21)23(28)17-8-9-22(29-2)18(13-17)12-16-10-11-24-14-16;/h8-9,13,16,24H,3-7,10-12,14-15H2,1-2H3,(H,25,26);1H. The predicted octanol–water partition coefficient (Wildman–Crippen LogP) is 3.53. The van der Waals surface area contributed by atoms with E-state index in [4.69, 9.17) is 4.74 Å². The van der Waals surface area contributed by atoms with E-state index in [0.29, 0.717) is 12.5 Å². The summed E-state index contributed by atoms with van der Waals surface area (Å²) in [5, 5.41) is 11.1. The normalized spacial score (nSPS) is 18.3. The molecule has 1 unspecified atom stereocenters. The average molecular weight is 433 g/mol. The van der Waals surface area contributed by atoms with Gasteiger partial charge in [0.25, 0.3) is 5.91 Å². The number of benzene rings is 1. The number of rotatable bonds is 6. The average Bonchev–Trinajstić information content (AvgIpc) is 3.31. The van der Waals surface area contributed by atoms with Crippen LogP contribution in [0.1, 0.15) is 58.6 Å². The van der Waals surface area contributed by atoms with Gasteiger partial charge in [0.15, 0.2) is 0 Å². The monoisotopic (exact) mass is 432 g/mol. The molecule has 7 heteroatoms. The van der Waals surface area contributed by atoms with E-state index in [2.05, 4.69) is 15.5 Å². The zero-order valence-electron chi connectivity index (χ0n) is 18.0. The van der Waals surface area contributed by atoms with Crippen LogP contribution in [0.3, 0.4) is 0 Å². The number of carbonyl (C=O) groups is 1. The van der Waals surface area contributed by atoms with Crippen molar-refractivity contribution in [1.29, 1.82) is 0 Å². The first-order valence-corrected chi connectivity index (χ1v) is 10.8. The highest BCUT2D eigenvalue weighted by atomic mass is 35.5. The van der Waals surface area contributed by atoms with E-state index in [-0.39, 0.29) is 18.3 Å². The van der Waals surface area contributed by atoms with E-state index < -0.39 is 0 Å². The number of H-pyrrole nitrogens is 1. The molecule has 2 heterocycles. The molecule has 1 atom stereocenters. The van der Waals surface area contributed by atoms with Gasteiger partial charge in [-0.2, -0.15) is 5.10 Å². The third kappa shape index (κ3) is 4.98. The smallest absolute Gasteiger partial charge is 0.253 e. The fourth-order valence-electron chi connectivity index (χ4n) is 4.64. The Balaban J connectivity index is 0.00000256. The number of hydrogen-bond donors (Lipinski definition) is 2. The van der Waals surface area contributed by atoms with E-state index in [9.17, 15) is 4.79 Å². The number of nitrogens with zero attached hydrogens (tertiary/aromatic N) is 2. The van der Waals surface area contributed by atoms with Crippen LogP contribution in [0.2, 0.25) is 0 Å². The number of aromatic amines is 1. The zero-order chi connectivity index (χ0) is 20.2. The van der Waals surface area contributed by atoms with Crippen molar-refractivity contribution in [2.75, 3.05) is 27.2 Å². The number of carbonyl (C=O) groups excluding carboxylic acids is 1. The number of nitrogens with one attached hydrogen (secondary N) is 2. The molecule has 1 aromatic carbocycles. The summed E-state index contributed by atoms with van der Waals surface area (Å²) < 4.78 is 5.55. The third-order valence-electron chi connectivity index (χ3n) is 6.32. The second-order valence-corrected chi connectivity index (χ2v) is 8.44. The van der Waals surface area contributed by atoms with Crippen molar-refractivity contribution in [3.05, 3.63) is 46.3 Å². The maximum atomic E-state index is 13.1. The fraction of sp³-hybridized carbons (Fsp3) is 0.565. The minimum atomic E-state index is 0. The summed E-state index contributed by atoms with van der Waals surface area (Å²) in [4.78, 5) is 14.9. The molecule has 1 aliphatic carbocycles. The molecular formula is C23H33ClN4O2. The highest BCUT2D eigenvalue weighted by Crippen LogP contribution is 2.27. The lowest BCUT2D eigenvalue weighted by molar-refractivity contribution is 0.0783. The van der Waals surface area contributed by atoms with Crippen LogP contribution in [0.25, 0.3) is 0 Å². The minimum absolute atomic E-state index is 0. The SMILES string of the molecule is COc1ccc(C(=O)N(C)Cc2n[nH]c3c2CCCCC3)cc1CC1CCNC1.Cl. The lowest BCUT2D eigenvalue weighted by Gasteiger charge is -2.19. The number of fused-ring (bicyclic) bond motifs is 1. The van der Waals surface area contributed by atoms with E-state index in [1.54, 1.807) is 12.0 Å². The first-order chi connectivity index (χ1) is 14.2. The largest absolute Gasteiger partial charge is 0.496 e. The summed E-state index contributed by atoms with van der Waals surface area (Å²) in [7, 11) is 3.56. The number of ether oxygens (including phenoxy) is 1. The van der Waals surface area contributed by atoms with Crippen molar-refractivity contribution < 1.29 is 9.53 Å². The molecule has 0 spiro atoms. The Bertz CT molecular complexity index is 861. The van der Waals surface area contributed by atoms with E-state index in [1.165, 1.54) is 36.9 Å². The number of aryl methyl sites for hydroxylation is 1. The van der Waals surface area contributed by atoms with Crippen molar-refractivity contribution in [3.8, 4) is 5.75 Å². The van der Waals surface area contributed by atoms with Gasteiger partial charge in [-0.15, -0.1) is 12.4 Å². The van der Waals surface area contributed by atoms with Gasteiger partial charge in [-0.25, -0.2) is 0 Å². The second kappa shape index (κ2) is 10.3. The molecule has 2 N–H and O–H groups in total. The number of methoxy groups -OCH3 is 1. The summed E-state index contributed by atoms with van der Waals surface area (Å²) in [6.45, 7) is 2.65. The van der Waals surface area contributed by atoms with Gasteiger partial charge in [0.1, 0.15) is 5.75 Å². The Morgan fingerprint density at radius 3 is 2.87 bits per heavy atom. The van der Waals surface area contributed by atoms with Gasteiger partial charge < -0.3 is 15.0 Å². The Morgan fingerprint density at radius 1 is 1.27 bits per heavy atom. The number of aromatic nitrogens is 2. The highest BCUT2D eigenvalue weighted by Gasteiger charge is 2.22. The van der Waals surface area contributed by atoms with Gasteiger partial charge in [-0.1, -0.05) is 6.42 Å². The van der Waals surface area contributed by atoms with Crippen molar-refractivity contribution >= 4 is 18.3 Å². The van der Waals surface area contributed by atoms with Crippen LogP contribution in [-0.4, -0.2) is 48.3 Å². The van der Waals surface area contributed by atoms with Gasteiger partial charge in [0, 0.05) is 18.3 Å². The molecule has 1 fully saturated rings. The van der Waals surface area contributed by atoms with Gasteiger partial charge in [-0.05, 0) is 86.9 Å². The molecule has 6 nitrogen and oxygen atoms in total. The first kappa shape index (κ1) is 22.6. The maximum absolute atomic E-state index is 13.1. The quantitative estimate of drug-likeness (QED) is 0.685. The summed E-state index contributed by atoms with van der Waals surface area (Å²) in [6, 6.07) is 5.82. The molecule has 30 heavy (non-hydrogen) atoms. The lowest BCUT2D eigenvalue weighted by atomic mass is 9.96. The predicted molar refractivity (Wildman–Crippen MR) is 121 cm³/mol. The van der Waals surface area contributed by atoms with Crippen LogP contribution < -0.4 is 10.1 Å². The van der Waals surface area contributed by atoms with Gasteiger partial charge in [0.2, 0.25) is 0 Å². The molecule has 1 amide bonds. The molecule has 2 aliphatic rings. The molecule has 1 aliphatic heterocycles.